The van der Waals surface area contributed by atoms with Crippen LogP contribution in [-0.4, -0.2) is 5.88 Å². The predicted molar refractivity (Wildman–Crippen MR) is 74.7 cm³/mol. The van der Waals surface area contributed by atoms with Gasteiger partial charge in [0.15, 0.2) is 0 Å². The second-order valence-corrected chi connectivity index (χ2v) is 5.57. The molecule has 88 valence electrons. The van der Waals surface area contributed by atoms with Crippen LogP contribution in [-0.2, 0) is 6.42 Å². The zero-order valence-electron chi connectivity index (χ0n) is 9.95. The molecule has 0 heterocycles. The molecule has 0 nitrogen and oxygen atoms in total. The number of rotatable bonds is 3. The van der Waals surface area contributed by atoms with Crippen LogP contribution in [0.25, 0.3) is 10.8 Å². The third-order valence-corrected chi connectivity index (χ3v) is 4.71. The van der Waals surface area contributed by atoms with Crippen LogP contribution >= 0.6 is 11.6 Å². The molecule has 0 unspecified atom stereocenters. The molecule has 0 amide bonds. The van der Waals surface area contributed by atoms with Gasteiger partial charge in [-0.3, -0.25) is 0 Å². The Labute approximate surface area is 108 Å². The molecule has 1 heteroatoms. The van der Waals surface area contributed by atoms with E-state index in [2.05, 4.69) is 42.5 Å². The van der Waals surface area contributed by atoms with Gasteiger partial charge < -0.3 is 0 Å². The standard InChI is InChI=1S/C16H17Cl/c17-12-16(9-4-10-16)11-14-7-3-6-13-5-1-2-8-15(13)14/h1-3,5-8H,4,9-12H2. The molecule has 2 aromatic carbocycles. The number of fused-ring (bicyclic) bond motifs is 1. The lowest BCUT2D eigenvalue weighted by Gasteiger charge is -2.40. The molecule has 1 aliphatic rings. The molecule has 0 N–H and O–H groups in total. The summed E-state index contributed by atoms with van der Waals surface area (Å²) in [7, 11) is 0. The Kier molecular flexibility index (Phi) is 2.84. The highest BCUT2D eigenvalue weighted by atomic mass is 35.5. The van der Waals surface area contributed by atoms with E-state index in [1.165, 1.54) is 35.6 Å². The number of alkyl halides is 1. The van der Waals surface area contributed by atoms with Gasteiger partial charge in [-0.05, 0) is 41.0 Å². The van der Waals surface area contributed by atoms with E-state index in [1.54, 1.807) is 0 Å². The predicted octanol–water partition coefficient (Wildman–Crippen LogP) is 4.79. The van der Waals surface area contributed by atoms with Crippen molar-refractivity contribution in [1.29, 1.82) is 0 Å². The fourth-order valence-corrected chi connectivity index (χ4v) is 3.25. The normalized spacial score (nSPS) is 17.9. The van der Waals surface area contributed by atoms with Crippen molar-refractivity contribution in [1.82, 2.24) is 0 Å². The topological polar surface area (TPSA) is 0 Å². The van der Waals surface area contributed by atoms with Crippen molar-refractivity contribution < 1.29 is 0 Å². The van der Waals surface area contributed by atoms with Gasteiger partial charge in [-0.25, -0.2) is 0 Å². The van der Waals surface area contributed by atoms with Crippen LogP contribution in [0.4, 0.5) is 0 Å². The molecule has 1 aliphatic carbocycles. The lowest BCUT2D eigenvalue weighted by atomic mass is 9.66. The minimum Gasteiger partial charge on any atom is -0.126 e. The Morgan fingerprint density at radius 1 is 1.00 bits per heavy atom. The maximum absolute atomic E-state index is 6.16. The highest BCUT2D eigenvalue weighted by Gasteiger charge is 2.36. The van der Waals surface area contributed by atoms with Gasteiger partial charge in [-0.2, -0.15) is 0 Å². The molecule has 0 atom stereocenters. The van der Waals surface area contributed by atoms with Crippen LogP contribution < -0.4 is 0 Å². The molecule has 0 aromatic heterocycles. The summed E-state index contributed by atoms with van der Waals surface area (Å²) in [6.07, 6.45) is 5.06. The number of benzene rings is 2. The van der Waals surface area contributed by atoms with E-state index in [1.807, 2.05) is 0 Å². The van der Waals surface area contributed by atoms with E-state index in [4.69, 9.17) is 11.6 Å². The largest absolute Gasteiger partial charge is 0.126 e. The Morgan fingerprint density at radius 3 is 2.47 bits per heavy atom. The Morgan fingerprint density at radius 2 is 1.76 bits per heavy atom. The third kappa shape index (κ3) is 1.95. The van der Waals surface area contributed by atoms with E-state index in [-0.39, 0.29) is 0 Å². The molecule has 1 fully saturated rings. The summed E-state index contributed by atoms with van der Waals surface area (Å²) < 4.78 is 0. The average Bonchev–Trinajstić information content (AvgIpc) is 2.34. The SMILES string of the molecule is ClCC1(Cc2cccc3ccccc23)CCC1. The molecule has 0 spiro atoms. The van der Waals surface area contributed by atoms with Crippen LogP contribution in [0.3, 0.4) is 0 Å². The first-order valence-electron chi connectivity index (χ1n) is 6.36. The van der Waals surface area contributed by atoms with Crippen LogP contribution in [0, 0.1) is 5.41 Å². The summed E-state index contributed by atoms with van der Waals surface area (Å²) in [5.74, 6) is 0.802. The molecule has 2 aromatic rings. The van der Waals surface area contributed by atoms with Gasteiger partial charge in [0.1, 0.15) is 0 Å². The van der Waals surface area contributed by atoms with Gasteiger partial charge in [-0.1, -0.05) is 48.9 Å². The molecule has 0 aliphatic heterocycles. The van der Waals surface area contributed by atoms with E-state index in [9.17, 15) is 0 Å². The summed E-state index contributed by atoms with van der Waals surface area (Å²) in [4.78, 5) is 0. The first kappa shape index (κ1) is 11.1. The van der Waals surface area contributed by atoms with Gasteiger partial charge in [0.2, 0.25) is 0 Å². The number of halogens is 1. The fraction of sp³-hybridized carbons (Fsp3) is 0.375. The van der Waals surface area contributed by atoms with Gasteiger partial charge >= 0.3 is 0 Å². The van der Waals surface area contributed by atoms with Gasteiger partial charge in [0, 0.05) is 5.88 Å². The molecule has 0 radical (unpaired) electrons. The fourth-order valence-electron chi connectivity index (χ4n) is 2.89. The van der Waals surface area contributed by atoms with E-state index in [0.717, 1.165) is 12.3 Å². The highest BCUT2D eigenvalue weighted by molar-refractivity contribution is 6.18. The smallest absolute Gasteiger partial charge is 0.0283 e. The maximum atomic E-state index is 6.16. The summed E-state index contributed by atoms with van der Waals surface area (Å²) >= 11 is 6.16. The lowest BCUT2D eigenvalue weighted by Crippen LogP contribution is -2.33. The molecule has 0 bridgehead atoms. The molecule has 3 rings (SSSR count). The first-order valence-corrected chi connectivity index (χ1v) is 6.89. The molecular weight excluding hydrogens is 228 g/mol. The third-order valence-electron chi connectivity index (χ3n) is 4.14. The van der Waals surface area contributed by atoms with Crippen LogP contribution in [0.1, 0.15) is 24.8 Å². The Balaban J connectivity index is 2.00. The van der Waals surface area contributed by atoms with Crippen molar-refractivity contribution >= 4 is 22.4 Å². The highest BCUT2D eigenvalue weighted by Crippen LogP contribution is 2.45. The van der Waals surface area contributed by atoms with Gasteiger partial charge in [0.25, 0.3) is 0 Å². The minimum absolute atomic E-state index is 0.381. The van der Waals surface area contributed by atoms with Crippen LogP contribution in [0.15, 0.2) is 42.5 Å². The van der Waals surface area contributed by atoms with Gasteiger partial charge in [0.05, 0.1) is 0 Å². The van der Waals surface area contributed by atoms with Crippen LogP contribution in [0.2, 0.25) is 0 Å². The Bertz CT molecular complexity index is 515. The molecule has 1 saturated carbocycles. The summed E-state index contributed by atoms with van der Waals surface area (Å²) in [6, 6.07) is 15.3. The van der Waals surface area contributed by atoms with Crippen molar-refractivity contribution in [3.05, 3.63) is 48.0 Å². The second-order valence-electron chi connectivity index (χ2n) is 5.30. The van der Waals surface area contributed by atoms with Crippen LogP contribution in [0.5, 0.6) is 0 Å². The monoisotopic (exact) mass is 244 g/mol. The lowest BCUT2D eigenvalue weighted by molar-refractivity contribution is 0.166. The number of hydrogen-bond acceptors (Lipinski definition) is 0. The van der Waals surface area contributed by atoms with Crippen molar-refractivity contribution in [2.75, 3.05) is 5.88 Å². The van der Waals surface area contributed by atoms with E-state index >= 15 is 0 Å². The average molecular weight is 245 g/mol. The summed E-state index contributed by atoms with van der Waals surface area (Å²) in [5.41, 5.74) is 1.84. The first-order chi connectivity index (χ1) is 8.33. The zero-order chi connectivity index (χ0) is 11.7. The van der Waals surface area contributed by atoms with E-state index < -0.39 is 0 Å². The summed E-state index contributed by atoms with van der Waals surface area (Å²) in [6.45, 7) is 0. The minimum atomic E-state index is 0.381. The summed E-state index contributed by atoms with van der Waals surface area (Å²) in [5, 5.41) is 2.74. The molecule has 17 heavy (non-hydrogen) atoms. The second kappa shape index (κ2) is 4.34. The van der Waals surface area contributed by atoms with Crippen molar-refractivity contribution in [2.45, 2.75) is 25.7 Å². The Hall–Kier alpha value is -1.01. The van der Waals surface area contributed by atoms with Gasteiger partial charge in [-0.15, -0.1) is 11.6 Å². The molecule has 0 saturated heterocycles. The molecular formula is C16H17Cl. The number of hydrogen-bond donors (Lipinski definition) is 0. The quantitative estimate of drug-likeness (QED) is 0.681. The maximum Gasteiger partial charge on any atom is 0.0283 e. The zero-order valence-corrected chi connectivity index (χ0v) is 10.7. The van der Waals surface area contributed by atoms with E-state index in [0.29, 0.717) is 5.41 Å². The van der Waals surface area contributed by atoms with Crippen molar-refractivity contribution in [2.24, 2.45) is 5.41 Å². The van der Waals surface area contributed by atoms with Crippen molar-refractivity contribution in [3.63, 3.8) is 0 Å². The van der Waals surface area contributed by atoms with Crippen molar-refractivity contribution in [3.8, 4) is 0 Å².